The third-order valence-electron chi connectivity index (χ3n) is 3.29. The van der Waals surface area contributed by atoms with Crippen molar-refractivity contribution in [1.29, 1.82) is 0 Å². The number of benzene rings is 1. The molecule has 0 fully saturated rings. The Labute approximate surface area is 110 Å². The monoisotopic (exact) mass is 263 g/mol. The van der Waals surface area contributed by atoms with Crippen molar-refractivity contribution in [2.75, 3.05) is 6.54 Å². The van der Waals surface area contributed by atoms with E-state index in [1.807, 2.05) is 23.5 Å². The molecule has 0 amide bonds. The van der Waals surface area contributed by atoms with E-state index < -0.39 is 0 Å². The van der Waals surface area contributed by atoms with Crippen LogP contribution < -0.4 is 5.32 Å². The van der Waals surface area contributed by atoms with E-state index in [0.29, 0.717) is 0 Å². The predicted molar refractivity (Wildman–Crippen MR) is 74.9 cm³/mol. The van der Waals surface area contributed by atoms with Crippen LogP contribution in [-0.2, 0) is 13.0 Å². The molecule has 0 aliphatic carbocycles. The molecule has 1 aliphatic rings. The number of hydrogen-bond donors (Lipinski definition) is 1. The first-order valence-corrected chi connectivity index (χ1v) is 7.03. The second kappa shape index (κ2) is 4.45. The van der Waals surface area contributed by atoms with Gasteiger partial charge in [0, 0.05) is 21.3 Å². The number of nitrogens with one attached hydrogen (secondary N) is 1. The summed E-state index contributed by atoms with van der Waals surface area (Å²) < 4.78 is 0. The van der Waals surface area contributed by atoms with E-state index in [1.165, 1.54) is 26.4 Å². The molecule has 0 atom stereocenters. The van der Waals surface area contributed by atoms with Crippen LogP contribution in [0, 0.1) is 6.92 Å². The highest BCUT2D eigenvalue weighted by Crippen LogP contribution is 2.36. The summed E-state index contributed by atoms with van der Waals surface area (Å²) in [6.07, 6.45) is 1.14. The molecule has 0 spiro atoms. The molecule has 1 aromatic carbocycles. The maximum atomic E-state index is 6.18. The highest BCUT2D eigenvalue weighted by Gasteiger charge is 2.15. The fraction of sp³-hybridized carbons (Fsp3) is 0.286. The minimum absolute atomic E-state index is 0.854. The lowest BCUT2D eigenvalue weighted by Gasteiger charge is -2.10. The summed E-state index contributed by atoms with van der Waals surface area (Å²) in [5.74, 6) is 0. The molecule has 88 valence electrons. The zero-order valence-electron chi connectivity index (χ0n) is 9.72. The molecule has 0 bridgehead atoms. The Bertz CT molecular complexity index is 536. The highest BCUT2D eigenvalue weighted by molar-refractivity contribution is 7.15. The highest BCUT2D eigenvalue weighted by atomic mass is 35.5. The SMILES string of the molecule is Cc1c(Cl)cccc1-c1cc2c(s1)CNCC2. The van der Waals surface area contributed by atoms with E-state index in [0.717, 1.165) is 24.5 Å². The van der Waals surface area contributed by atoms with E-state index in [4.69, 9.17) is 11.6 Å². The standard InChI is InChI=1S/C14H14ClNS/c1-9-11(3-2-4-12(9)15)13-7-10-5-6-16-8-14(10)17-13/h2-4,7,16H,5-6,8H2,1H3. The molecule has 1 N–H and O–H groups in total. The number of thiophene rings is 1. The molecule has 0 saturated carbocycles. The number of hydrogen-bond acceptors (Lipinski definition) is 2. The topological polar surface area (TPSA) is 12.0 Å². The molecule has 0 saturated heterocycles. The molecule has 1 aliphatic heterocycles. The molecule has 1 nitrogen and oxygen atoms in total. The van der Waals surface area contributed by atoms with Gasteiger partial charge in [-0.3, -0.25) is 0 Å². The minimum Gasteiger partial charge on any atom is -0.312 e. The van der Waals surface area contributed by atoms with Crippen LogP contribution in [0.1, 0.15) is 16.0 Å². The van der Waals surface area contributed by atoms with Crippen LogP contribution in [0.3, 0.4) is 0 Å². The van der Waals surface area contributed by atoms with Crippen LogP contribution in [0.2, 0.25) is 5.02 Å². The van der Waals surface area contributed by atoms with E-state index in [1.54, 1.807) is 0 Å². The third kappa shape index (κ3) is 2.01. The minimum atomic E-state index is 0.854. The van der Waals surface area contributed by atoms with Crippen molar-refractivity contribution in [3.63, 3.8) is 0 Å². The zero-order valence-corrected chi connectivity index (χ0v) is 11.3. The molecule has 0 radical (unpaired) electrons. The van der Waals surface area contributed by atoms with Crippen LogP contribution in [0.25, 0.3) is 10.4 Å². The third-order valence-corrected chi connectivity index (χ3v) is 4.91. The average Bonchev–Trinajstić information content (AvgIpc) is 2.76. The molecule has 1 aromatic heterocycles. The van der Waals surface area contributed by atoms with Gasteiger partial charge in [-0.05, 0) is 48.7 Å². The lowest BCUT2D eigenvalue weighted by molar-refractivity contribution is 0.655. The quantitative estimate of drug-likeness (QED) is 0.819. The second-order valence-electron chi connectivity index (χ2n) is 4.40. The molecular formula is C14H14ClNS. The molecule has 2 heterocycles. The smallest absolute Gasteiger partial charge is 0.0441 e. The zero-order chi connectivity index (χ0) is 11.8. The van der Waals surface area contributed by atoms with E-state index in [2.05, 4.69) is 24.4 Å². The van der Waals surface area contributed by atoms with Gasteiger partial charge in [0.05, 0.1) is 0 Å². The van der Waals surface area contributed by atoms with Crippen molar-refractivity contribution < 1.29 is 0 Å². The van der Waals surface area contributed by atoms with Gasteiger partial charge >= 0.3 is 0 Å². The van der Waals surface area contributed by atoms with Crippen molar-refractivity contribution in [1.82, 2.24) is 5.32 Å². The first-order valence-electron chi connectivity index (χ1n) is 5.83. The number of fused-ring (bicyclic) bond motifs is 1. The maximum Gasteiger partial charge on any atom is 0.0441 e. The second-order valence-corrected chi connectivity index (χ2v) is 5.94. The Morgan fingerprint density at radius 3 is 3.06 bits per heavy atom. The summed E-state index contributed by atoms with van der Waals surface area (Å²) in [4.78, 5) is 2.82. The average molecular weight is 264 g/mol. The van der Waals surface area contributed by atoms with Crippen molar-refractivity contribution in [2.24, 2.45) is 0 Å². The molecule has 17 heavy (non-hydrogen) atoms. The summed E-state index contributed by atoms with van der Waals surface area (Å²) in [6, 6.07) is 8.47. The van der Waals surface area contributed by atoms with Crippen LogP contribution in [0.15, 0.2) is 24.3 Å². The Kier molecular flexibility index (Phi) is 2.95. The first-order chi connectivity index (χ1) is 8.25. The lowest BCUT2D eigenvalue weighted by atomic mass is 10.0. The Hall–Kier alpha value is -0.830. The fourth-order valence-electron chi connectivity index (χ4n) is 2.26. The Morgan fingerprint density at radius 2 is 2.24 bits per heavy atom. The van der Waals surface area contributed by atoms with Crippen LogP contribution in [-0.4, -0.2) is 6.54 Å². The Morgan fingerprint density at radius 1 is 1.35 bits per heavy atom. The molecule has 3 heteroatoms. The first kappa shape index (κ1) is 11.3. The van der Waals surface area contributed by atoms with Gasteiger partial charge in [0.25, 0.3) is 0 Å². The number of rotatable bonds is 1. The van der Waals surface area contributed by atoms with Crippen molar-refractivity contribution >= 4 is 22.9 Å². The molecular weight excluding hydrogens is 250 g/mol. The van der Waals surface area contributed by atoms with Gasteiger partial charge in [-0.1, -0.05) is 23.7 Å². The summed E-state index contributed by atoms with van der Waals surface area (Å²) in [6.45, 7) is 4.20. The summed E-state index contributed by atoms with van der Waals surface area (Å²) in [5.41, 5.74) is 3.96. The van der Waals surface area contributed by atoms with Crippen molar-refractivity contribution in [3.8, 4) is 10.4 Å². The van der Waals surface area contributed by atoms with Gasteiger partial charge < -0.3 is 5.32 Å². The van der Waals surface area contributed by atoms with Crippen molar-refractivity contribution in [3.05, 3.63) is 45.3 Å². The largest absolute Gasteiger partial charge is 0.312 e. The van der Waals surface area contributed by atoms with Crippen LogP contribution in [0.4, 0.5) is 0 Å². The number of halogens is 1. The van der Waals surface area contributed by atoms with Crippen LogP contribution in [0.5, 0.6) is 0 Å². The Balaban J connectivity index is 2.09. The van der Waals surface area contributed by atoms with Crippen molar-refractivity contribution in [2.45, 2.75) is 19.9 Å². The normalized spacial score (nSPS) is 14.7. The van der Waals surface area contributed by atoms with Gasteiger partial charge in [-0.2, -0.15) is 0 Å². The maximum absolute atomic E-state index is 6.18. The molecule has 0 unspecified atom stereocenters. The van der Waals surface area contributed by atoms with Crippen LogP contribution >= 0.6 is 22.9 Å². The van der Waals surface area contributed by atoms with Gasteiger partial charge in [0.1, 0.15) is 0 Å². The van der Waals surface area contributed by atoms with Gasteiger partial charge in [-0.15, -0.1) is 11.3 Å². The van der Waals surface area contributed by atoms with Gasteiger partial charge in [0.15, 0.2) is 0 Å². The predicted octanol–water partition coefficient (Wildman–Crippen LogP) is 4.02. The lowest BCUT2D eigenvalue weighted by Crippen LogP contribution is -2.21. The van der Waals surface area contributed by atoms with Gasteiger partial charge in [-0.25, -0.2) is 0 Å². The summed E-state index contributed by atoms with van der Waals surface area (Å²) in [5, 5.41) is 4.27. The fourth-order valence-corrected chi connectivity index (χ4v) is 3.70. The van der Waals surface area contributed by atoms with E-state index >= 15 is 0 Å². The summed E-state index contributed by atoms with van der Waals surface area (Å²) >= 11 is 8.07. The summed E-state index contributed by atoms with van der Waals surface area (Å²) in [7, 11) is 0. The molecule has 2 aromatic rings. The van der Waals surface area contributed by atoms with Gasteiger partial charge in [0.2, 0.25) is 0 Å². The molecule has 3 rings (SSSR count). The van der Waals surface area contributed by atoms with E-state index in [9.17, 15) is 0 Å². The van der Waals surface area contributed by atoms with E-state index in [-0.39, 0.29) is 0 Å².